The normalized spacial score (nSPS) is 13.5. The highest BCUT2D eigenvalue weighted by atomic mass is 32.2. The Morgan fingerprint density at radius 1 is 1.47 bits per heavy atom. The van der Waals surface area contributed by atoms with Crippen molar-refractivity contribution >= 4 is 10.0 Å². The van der Waals surface area contributed by atoms with Gasteiger partial charge in [-0.1, -0.05) is 6.92 Å². The van der Waals surface area contributed by atoms with Gasteiger partial charge in [0.1, 0.15) is 0 Å². The van der Waals surface area contributed by atoms with E-state index < -0.39 is 32.2 Å². The summed E-state index contributed by atoms with van der Waals surface area (Å²) in [5.41, 5.74) is -1.79. The molecule has 0 radical (unpaired) electrons. The minimum Gasteiger partial charge on any atom is -0.395 e. The van der Waals surface area contributed by atoms with Crippen LogP contribution in [0.5, 0.6) is 0 Å². The molecule has 8 nitrogen and oxygen atoms in total. The molecule has 0 spiro atoms. The Hall–Kier alpha value is -1.45. The van der Waals surface area contributed by atoms with Crippen LogP contribution in [0.25, 0.3) is 0 Å². The molecule has 0 aliphatic rings. The summed E-state index contributed by atoms with van der Waals surface area (Å²) in [6.07, 6.45) is 1.19. The van der Waals surface area contributed by atoms with E-state index in [-0.39, 0.29) is 6.61 Å². The molecule has 1 heterocycles. The largest absolute Gasteiger partial charge is 0.395 e. The summed E-state index contributed by atoms with van der Waals surface area (Å²) in [5.74, 6) is 0. The average Bonchev–Trinajstić information content (AvgIpc) is 2.25. The zero-order chi connectivity index (χ0) is 13.1. The Kier molecular flexibility index (Phi) is 4.21. The predicted molar refractivity (Wildman–Crippen MR) is 59.2 cm³/mol. The van der Waals surface area contributed by atoms with Crippen LogP contribution in [0.1, 0.15) is 13.3 Å². The van der Waals surface area contributed by atoms with E-state index in [0.717, 1.165) is 6.20 Å². The Balaban J connectivity index is 3.14. The Morgan fingerprint density at radius 2 is 2.12 bits per heavy atom. The van der Waals surface area contributed by atoms with Crippen molar-refractivity contribution in [2.24, 2.45) is 0 Å². The lowest BCUT2D eigenvalue weighted by Crippen LogP contribution is -2.40. The maximum atomic E-state index is 11.7. The zero-order valence-electron chi connectivity index (χ0n) is 9.06. The highest BCUT2D eigenvalue weighted by molar-refractivity contribution is 7.89. The van der Waals surface area contributed by atoms with E-state index in [0.29, 0.717) is 6.42 Å². The van der Waals surface area contributed by atoms with Crippen LogP contribution in [0.3, 0.4) is 0 Å². The SMILES string of the molecule is CC[C@@H](CO)NS(=O)(=O)c1c[nH]c(=O)[nH]c1=O. The summed E-state index contributed by atoms with van der Waals surface area (Å²) in [6, 6.07) is -0.675. The van der Waals surface area contributed by atoms with Crippen LogP contribution in [-0.4, -0.2) is 36.1 Å². The standard InChI is InChI=1S/C8H13N3O5S/c1-2-5(4-12)11-17(15,16)6-3-9-8(14)10-7(6)13/h3,5,11-12H,2,4H2,1H3,(H2,9,10,13,14)/t5-/m0/s1. The molecule has 0 aliphatic heterocycles. The third kappa shape index (κ3) is 3.25. The molecular weight excluding hydrogens is 250 g/mol. The quantitative estimate of drug-likeness (QED) is 0.493. The summed E-state index contributed by atoms with van der Waals surface area (Å²) in [5, 5.41) is 8.88. The van der Waals surface area contributed by atoms with Crippen LogP contribution in [0.15, 0.2) is 20.7 Å². The molecule has 1 rings (SSSR count). The number of nitrogens with one attached hydrogen (secondary N) is 3. The maximum Gasteiger partial charge on any atom is 0.325 e. The fourth-order valence-corrected chi connectivity index (χ4v) is 2.45. The topological polar surface area (TPSA) is 132 Å². The van der Waals surface area contributed by atoms with E-state index in [2.05, 4.69) is 9.71 Å². The molecule has 0 unspecified atom stereocenters. The van der Waals surface area contributed by atoms with Crippen LogP contribution in [-0.2, 0) is 10.0 Å². The van der Waals surface area contributed by atoms with Crippen molar-refractivity contribution < 1.29 is 13.5 Å². The lowest BCUT2D eigenvalue weighted by Gasteiger charge is -2.13. The maximum absolute atomic E-state index is 11.7. The van der Waals surface area contributed by atoms with Gasteiger partial charge in [0.05, 0.1) is 6.61 Å². The number of H-pyrrole nitrogens is 2. The van der Waals surface area contributed by atoms with Crippen molar-refractivity contribution in [2.75, 3.05) is 6.61 Å². The van der Waals surface area contributed by atoms with Crippen molar-refractivity contribution in [3.63, 3.8) is 0 Å². The molecule has 0 saturated heterocycles. The molecule has 0 bridgehead atoms. The van der Waals surface area contributed by atoms with E-state index >= 15 is 0 Å². The van der Waals surface area contributed by atoms with Crippen molar-refractivity contribution in [3.8, 4) is 0 Å². The van der Waals surface area contributed by atoms with Gasteiger partial charge in [0.25, 0.3) is 5.56 Å². The van der Waals surface area contributed by atoms with Crippen LogP contribution < -0.4 is 16.0 Å². The molecule has 0 aromatic carbocycles. The Morgan fingerprint density at radius 3 is 2.59 bits per heavy atom. The van der Waals surface area contributed by atoms with Gasteiger partial charge in [0.15, 0.2) is 4.90 Å². The van der Waals surface area contributed by atoms with Crippen molar-refractivity contribution in [1.82, 2.24) is 14.7 Å². The fourth-order valence-electron chi connectivity index (χ4n) is 1.13. The fraction of sp³-hybridized carbons (Fsp3) is 0.500. The van der Waals surface area contributed by atoms with Gasteiger partial charge in [-0.05, 0) is 6.42 Å². The monoisotopic (exact) mass is 263 g/mol. The van der Waals surface area contributed by atoms with Crippen molar-refractivity contribution in [3.05, 3.63) is 27.0 Å². The first-order valence-corrected chi connectivity index (χ1v) is 6.34. The molecule has 0 fully saturated rings. The smallest absolute Gasteiger partial charge is 0.325 e. The number of aliphatic hydroxyl groups excluding tert-OH is 1. The number of hydrogen-bond donors (Lipinski definition) is 4. The lowest BCUT2D eigenvalue weighted by atomic mass is 10.3. The highest BCUT2D eigenvalue weighted by Crippen LogP contribution is 2.01. The van der Waals surface area contributed by atoms with Gasteiger partial charge in [-0.2, -0.15) is 0 Å². The molecular formula is C8H13N3O5S. The summed E-state index contributed by atoms with van der Waals surface area (Å²) < 4.78 is 25.6. The molecule has 9 heteroatoms. The zero-order valence-corrected chi connectivity index (χ0v) is 9.87. The van der Waals surface area contributed by atoms with E-state index in [1.54, 1.807) is 11.9 Å². The van der Waals surface area contributed by atoms with Crippen molar-refractivity contribution in [2.45, 2.75) is 24.3 Å². The summed E-state index contributed by atoms with van der Waals surface area (Å²) in [6.45, 7) is 1.30. The Bertz CT molecular complexity index is 584. The molecule has 4 N–H and O–H groups in total. The lowest BCUT2D eigenvalue weighted by molar-refractivity contribution is 0.254. The summed E-state index contributed by atoms with van der Waals surface area (Å²) >= 11 is 0. The second kappa shape index (κ2) is 5.25. The van der Waals surface area contributed by atoms with E-state index in [4.69, 9.17) is 5.11 Å². The number of hydrogen-bond acceptors (Lipinski definition) is 5. The Labute approximate surface area is 96.8 Å². The highest BCUT2D eigenvalue weighted by Gasteiger charge is 2.21. The molecule has 1 aromatic rings. The number of aliphatic hydroxyl groups is 1. The van der Waals surface area contributed by atoms with Crippen LogP contribution >= 0.6 is 0 Å². The molecule has 1 atom stereocenters. The molecule has 1 aromatic heterocycles. The summed E-state index contributed by atoms with van der Waals surface area (Å²) in [4.78, 5) is 25.3. The van der Waals surface area contributed by atoms with Gasteiger partial charge in [0, 0.05) is 12.2 Å². The molecule has 0 saturated carbocycles. The minimum atomic E-state index is -4.06. The van der Waals surface area contributed by atoms with Gasteiger partial charge >= 0.3 is 5.69 Å². The first-order valence-electron chi connectivity index (χ1n) is 4.86. The van der Waals surface area contributed by atoms with Crippen LogP contribution in [0, 0.1) is 0 Å². The first kappa shape index (κ1) is 13.6. The van der Waals surface area contributed by atoms with Gasteiger partial charge in [0.2, 0.25) is 10.0 Å². The van der Waals surface area contributed by atoms with E-state index in [1.807, 2.05) is 0 Å². The van der Waals surface area contributed by atoms with E-state index in [1.165, 1.54) is 0 Å². The van der Waals surface area contributed by atoms with Gasteiger partial charge in [-0.15, -0.1) is 0 Å². The third-order valence-corrected chi connectivity index (χ3v) is 3.64. The predicted octanol–water partition coefficient (Wildman–Crippen LogP) is -1.89. The molecule has 17 heavy (non-hydrogen) atoms. The van der Waals surface area contributed by atoms with Gasteiger partial charge in [-0.3, -0.25) is 9.78 Å². The van der Waals surface area contributed by atoms with Crippen molar-refractivity contribution in [1.29, 1.82) is 0 Å². The summed E-state index contributed by atoms with van der Waals surface area (Å²) in [7, 11) is -4.06. The first-order chi connectivity index (χ1) is 7.90. The minimum absolute atomic E-state index is 0.372. The number of aromatic nitrogens is 2. The van der Waals surface area contributed by atoms with Crippen LogP contribution in [0.4, 0.5) is 0 Å². The third-order valence-electron chi connectivity index (χ3n) is 2.11. The number of sulfonamides is 1. The van der Waals surface area contributed by atoms with Gasteiger partial charge in [-0.25, -0.2) is 17.9 Å². The molecule has 0 aliphatic carbocycles. The van der Waals surface area contributed by atoms with Gasteiger partial charge < -0.3 is 10.1 Å². The average molecular weight is 263 g/mol. The second-order valence-corrected chi connectivity index (χ2v) is 5.03. The molecule has 96 valence electrons. The second-order valence-electron chi connectivity index (χ2n) is 3.35. The number of rotatable bonds is 5. The van der Waals surface area contributed by atoms with Crippen LogP contribution in [0.2, 0.25) is 0 Å². The van der Waals surface area contributed by atoms with E-state index in [9.17, 15) is 18.0 Å². The molecule has 0 amide bonds. The number of aromatic amines is 2.